The molecule has 1 aromatic rings. The summed E-state index contributed by atoms with van der Waals surface area (Å²) >= 11 is 0. The van der Waals surface area contributed by atoms with Gasteiger partial charge in [-0.25, -0.2) is 0 Å². The van der Waals surface area contributed by atoms with Crippen LogP contribution in [0.4, 0.5) is 5.69 Å². The molecule has 17 heavy (non-hydrogen) atoms. The number of hydrogen-bond acceptors (Lipinski definition) is 3. The lowest BCUT2D eigenvalue weighted by Crippen LogP contribution is -2.20. The molecule has 0 atom stereocenters. The van der Waals surface area contributed by atoms with Crippen molar-refractivity contribution in [2.45, 2.75) is 19.8 Å². The average molecular weight is 236 g/mol. The van der Waals surface area contributed by atoms with Crippen LogP contribution < -0.4 is 15.0 Å². The summed E-state index contributed by atoms with van der Waals surface area (Å²) in [6, 6.07) is 6.29. The van der Waals surface area contributed by atoms with Crippen LogP contribution in [-0.4, -0.2) is 34.3 Å². The van der Waals surface area contributed by atoms with Crippen LogP contribution in [0.2, 0.25) is 0 Å². The monoisotopic (exact) mass is 236 g/mol. The molecule has 0 heterocycles. The van der Waals surface area contributed by atoms with E-state index in [1.807, 2.05) is 13.1 Å². The highest BCUT2D eigenvalue weighted by molar-refractivity contribution is 5.59. The molecule has 0 radical (unpaired) electrons. The Kier molecular flexibility index (Phi) is 5.84. The molecule has 3 heteroatoms. The zero-order valence-corrected chi connectivity index (χ0v) is 11.4. The van der Waals surface area contributed by atoms with E-state index in [1.165, 1.54) is 24.1 Å². The van der Waals surface area contributed by atoms with Gasteiger partial charge in [0, 0.05) is 13.6 Å². The quantitative estimate of drug-likeness (QED) is 0.736. The van der Waals surface area contributed by atoms with Gasteiger partial charge >= 0.3 is 0 Å². The van der Waals surface area contributed by atoms with Crippen molar-refractivity contribution in [1.82, 2.24) is 5.32 Å². The largest absolute Gasteiger partial charge is 0.495 e. The minimum absolute atomic E-state index is 0.951. The lowest BCUT2D eigenvalue weighted by molar-refractivity contribution is 0.414. The summed E-state index contributed by atoms with van der Waals surface area (Å²) in [5.41, 5.74) is 2.44. The summed E-state index contributed by atoms with van der Waals surface area (Å²) in [4.78, 5) is 2.27. The van der Waals surface area contributed by atoms with Crippen molar-refractivity contribution in [3.05, 3.63) is 23.8 Å². The predicted octanol–water partition coefficient (Wildman–Crippen LogP) is 2.44. The Morgan fingerprint density at radius 3 is 2.71 bits per heavy atom. The van der Waals surface area contributed by atoms with Crippen molar-refractivity contribution in [2.75, 3.05) is 39.2 Å². The fourth-order valence-corrected chi connectivity index (χ4v) is 1.87. The highest BCUT2D eigenvalue weighted by Gasteiger charge is 2.07. The van der Waals surface area contributed by atoms with E-state index < -0.39 is 0 Å². The van der Waals surface area contributed by atoms with Crippen LogP contribution in [0.1, 0.15) is 18.4 Å². The molecule has 1 N–H and O–H groups in total. The number of nitrogens with one attached hydrogen (secondary N) is 1. The number of unbranched alkanes of at least 4 members (excludes halogenated alkanes) is 1. The second-order valence-electron chi connectivity index (χ2n) is 4.41. The molecule has 0 saturated carbocycles. The van der Waals surface area contributed by atoms with E-state index in [9.17, 15) is 0 Å². The van der Waals surface area contributed by atoms with Crippen LogP contribution in [0, 0.1) is 6.92 Å². The van der Waals surface area contributed by atoms with E-state index >= 15 is 0 Å². The molecule has 0 saturated heterocycles. The maximum Gasteiger partial charge on any atom is 0.142 e. The Balaban J connectivity index is 2.60. The SMILES string of the molecule is CNCCCCN(C)c1cc(C)ccc1OC. The Morgan fingerprint density at radius 2 is 2.06 bits per heavy atom. The summed E-state index contributed by atoms with van der Waals surface area (Å²) in [7, 11) is 5.84. The first kappa shape index (κ1) is 13.8. The Labute approximate surface area is 105 Å². The van der Waals surface area contributed by atoms with Gasteiger partial charge in [-0.1, -0.05) is 6.07 Å². The molecular formula is C14H24N2O. The van der Waals surface area contributed by atoms with Crippen molar-refractivity contribution in [2.24, 2.45) is 0 Å². The number of aryl methyl sites for hydroxylation is 1. The molecule has 0 bridgehead atoms. The van der Waals surface area contributed by atoms with Crippen LogP contribution in [-0.2, 0) is 0 Å². The number of methoxy groups -OCH3 is 1. The Hall–Kier alpha value is -1.22. The summed E-state index contributed by atoms with van der Waals surface area (Å²) < 4.78 is 5.39. The van der Waals surface area contributed by atoms with Gasteiger partial charge in [0.15, 0.2) is 0 Å². The van der Waals surface area contributed by atoms with Gasteiger partial charge in [-0.15, -0.1) is 0 Å². The molecule has 0 aliphatic heterocycles. The van der Waals surface area contributed by atoms with Crippen LogP contribution in [0.5, 0.6) is 5.75 Å². The molecule has 0 aliphatic rings. The zero-order valence-electron chi connectivity index (χ0n) is 11.4. The summed E-state index contributed by atoms with van der Waals surface area (Å²) in [5, 5.41) is 3.17. The van der Waals surface area contributed by atoms with E-state index in [1.54, 1.807) is 7.11 Å². The minimum Gasteiger partial charge on any atom is -0.495 e. The number of rotatable bonds is 7. The first-order valence-corrected chi connectivity index (χ1v) is 6.19. The highest BCUT2D eigenvalue weighted by atomic mass is 16.5. The standard InChI is InChI=1S/C14H24N2O/c1-12-7-8-14(17-4)13(11-12)16(3)10-6-5-9-15-2/h7-8,11,15H,5-6,9-10H2,1-4H3. The van der Waals surface area contributed by atoms with Crippen LogP contribution in [0.15, 0.2) is 18.2 Å². The van der Waals surface area contributed by atoms with Gasteiger partial charge in [0.2, 0.25) is 0 Å². The molecule has 96 valence electrons. The predicted molar refractivity (Wildman–Crippen MR) is 74.2 cm³/mol. The highest BCUT2D eigenvalue weighted by Crippen LogP contribution is 2.28. The van der Waals surface area contributed by atoms with Gasteiger partial charge in [0.25, 0.3) is 0 Å². The molecule has 0 fully saturated rings. The first-order chi connectivity index (χ1) is 8.19. The maximum atomic E-state index is 5.39. The Bertz CT molecular complexity index is 339. The van der Waals surface area contributed by atoms with Crippen LogP contribution in [0.25, 0.3) is 0 Å². The second kappa shape index (κ2) is 7.17. The number of nitrogens with zero attached hydrogens (tertiary/aromatic N) is 1. The number of anilines is 1. The molecule has 0 spiro atoms. The van der Waals surface area contributed by atoms with Crippen LogP contribution in [0.3, 0.4) is 0 Å². The molecule has 3 nitrogen and oxygen atoms in total. The molecule has 0 aliphatic carbocycles. The normalized spacial score (nSPS) is 10.4. The molecule has 1 rings (SSSR count). The first-order valence-electron chi connectivity index (χ1n) is 6.19. The average Bonchev–Trinajstić information content (AvgIpc) is 2.34. The van der Waals surface area contributed by atoms with E-state index in [-0.39, 0.29) is 0 Å². The maximum absolute atomic E-state index is 5.39. The van der Waals surface area contributed by atoms with E-state index in [0.717, 1.165) is 18.8 Å². The lowest BCUT2D eigenvalue weighted by Gasteiger charge is -2.22. The second-order valence-corrected chi connectivity index (χ2v) is 4.41. The third-order valence-electron chi connectivity index (χ3n) is 2.92. The van der Waals surface area contributed by atoms with Gasteiger partial charge in [0.1, 0.15) is 5.75 Å². The molecule has 0 unspecified atom stereocenters. The van der Waals surface area contributed by atoms with Crippen molar-refractivity contribution in [3.8, 4) is 5.75 Å². The lowest BCUT2D eigenvalue weighted by atomic mass is 10.2. The minimum atomic E-state index is 0.951. The number of hydrogen-bond donors (Lipinski definition) is 1. The van der Waals surface area contributed by atoms with Crippen molar-refractivity contribution in [3.63, 3.8) is 0 Å². The van der Waals surface area contributed by atoms with Gasteiger partial charge < -0.3 is 15.0 Å². The van der Waals surface area contributed by atoms with Crippen molar-refractivity contribution in [1.29, 1.82) is 0 Å². The number of ether oxygens (including phenoxy) is 1. The fraction of sp³-hybridized carbons (Fsp3) is 0.571. The van der Waals surface area contributed by atoms with E-state index in [4.69, 9.17) is 4.74 Å². The third kappa shape index (κ3) is 4.27. The number of benzene rings is 1. The zero-order chi connectivity index (χ0) is 12.7. The fourth-order valence-electron chi connectivity index (χ4n) is 1.87. The van der Waals surface area contributed by atoms with E-state index in [2.05, 4.69) is 36.3 Å². The van der Waals surface area contributed by atoms with Crippen molar-refractivity contribution < 1.29 is 4.74 Å². The van der Waals surface area contributed by atoms with Crippen LogP contribution >= 0.6 is 0 Å². The third-order valence-corrected chi connectivity index (χ3v) is 2.92. The molecular weight excluding hydrogens is 212 g/mol. The van der Waals surface area contributed by atoms with Gasteiger partial charge in [-0.2, -0.15) is 0 Å². The van der Waals surface area contributed by atoms with Crippen molar-refractivity contribution >= 4 is 5.69 Å². The summed E-state index contributed by atoms with van der Waals surface area (Å²) in [5.74, 6) is 0.951. The van der Waals surface area contributed by atoms with Gasteiger partial charge in [0.05, 0.1) is 12.8 Å². The Morgan fingerprint density at radius 1 is 1.29 bits per heavy atom. The molecule has 0 aromatic heterocycles. The van der Waals surface area contributed by atoms with Gasteiger partial charge in [-0.05, 0) is 51.1 Å². The van der Waals surface area contributed by atoms with E-state index in [0.29, 0.717) is 0 Å². The molecule has 1 aromatic carbocycles. The summed E-state index contributed by atoms with van der Waals surface area (Å²) in [6.45, 7) is 4.25. The smallest absolute Gasteiger partial charge is 0.142 e. The topological polar surface area (TPSA) is 24.5 Å². The molecule has 0 amide bonds. The summed E-state index contributed by atoms with van der Waals surface area (Å²) in [6.07, 6.45) is 2.39. The van der Waals surface area contributed by atoms with Gasteiger partial charge in [-0.3, -0.25) is 0 Å².